The van der Waals surface area contributed by atoms with E-state index in [1.165, 1.54) is 53.1 Å². The molecule has 1 nitrogen and oxygen atoms in total. The summed E-state index contributed by atoms with van der Waals surface area (Å²) in [6.45, 7) is 0. The van der Waals surface area contributed by atoms with Crippen LogP contribution in [0.1, 0.15) is 0 Å². The average molecular weight is 349 g/mol. The molecule has 26 heavy (non-hydrogen) atoms. The minimum absolute atomic E-state index is 1.20. The van der Waals surface area contributed by atoms with Gasteiger partial charge in [-0.05, 0) is 41.5 Å². The van der Waals surface area contributed by atoms with Crippen molar-refractivity contribution in [2.24, 2.45) is 0 Å². The zero-order valence-corrected chi connectivity index (χ0v) is 14.8. The summed E-state index contributed by atoms with van der Waals surface area (Å²) in [6, 6.07) is 30.6. The van der Waals surface area contributed by atoms with Crippen LogP contribution in [0.4, 0.5) is 0 Å². The van der Waals surface area contributed by atoms with Crippen LogP contribution in [0.15, 0.2) is 84.9 Å². The van der Waals surface area contributed by atoms with Gasteiger partial charge in [0.1, 0.15) is 0 Å². The molecule has 2 heterocycles. The van der Waals surface area contributed by atoms with Gasteiger partial charge < -0.3 is 4.98 Å². The van der Waals surface area contributed by atoms with E-state index in [2.05, 4.69) is 89.9 Å². The van der Waals surface area contributed by atoms with Crippen LogP contribution in [0.2, 0.25) is 0 Å². The first-order valence-electron chi connectivity index (χ1n) is 8.79. The second-order valence-corrected chi connectivity index (χ2v) is 7.83. The van der Waals surface area contributed by atoms with Gasteiger partial charge in [0.25, 0.3) is 0 Å². The fourth-order valence-corrected chi connectivity index (χ4v) is 5.06. The van der Waals surface area contributed by atoms with E-state index in [1.54, 1.807) is 0 Å². The zero-order chi connectivity index (χ0) is 17.1. The van der Waals surface area contributed by atoms with Crippen LogP contribution in [0.5, 0.6) is 0 Å². The lowest BCUT2D eigenvalue weighted by atomic mass is 10.0. The average Bonchev–Trinajstić information content (AvgIpc) is 3.24. The molecule has 0 atom stereocenters. The second-order valence-electron chi connectivity index (χ2n) is 6.74. The quantitative estimate of drug-likeness (QED) is 0.319. The maximum Gasteiger partial charge on any atom is 0.0472 e. The summed E-state index contributed by atoms with van der Waals surface area (Å²) in [5.41, 5.74) is 4.92. The summed E-state index contributed by atoms with van der Waals surface area (Å²) in [4.78, 5) is 3.61. The largest absolute Gasteiger partial charge is 0.354 e. The molecule has 0 aliphatic carbocycles. The first kappa shape index (κ1) is 14.1. The lowest BCUT2D eigenvalue weighted by Gasteiger charge is -2.01. The topological polar surface area (TPSA) is 15.8 Å². The highest BCUT2D eigenvalue weighted by Crippen LogP contribution is 2.38. The Labute approximate surface area is 154 Å². The van der Waals surface area contributed by atoms with Crippen molar-refractivity contribution in [3.8, 4) is 11.1 Å². The van der Waals surface area contributed by atoms with Crippen molar-refractivity contribution in [1.82, 2.24) is 4.98 Å². The summed E-state index contributed by atoms with van der Waals surface area (Å²) < 4.78 is 2.70. The van der Waals surface area contributed by atoms with E-state index in [1.807, 2.05) is 11.3 Å². The Morgan fingerprint density at radius 1 is 0.500 bits per heavy atom. The van der Waals surface area contributed by atoms with E-state index in [9.17, 15) is 0 Å². The standard InChI is InChI=1S/C24H15NS/c1-2-6-15(7-3-1)16-10-11-21-18(12-16)19-14-24-20(13-22(19)25-21)17-8-4-5-9-23(17)26-24/h1-14,25H. The smallest absolute Gasteiger partial charge is 0.0472 e. The van der Waals surface area contributed by atoms with Crippen LogP contribution in [-0.2, 0) is 0 Å². The molecule has 0 bridgehead atoms. The summed E-state index contributed by atoms with van der Waals surface area (Å²) in [5, 5.41) is 5.28. The Hall–Kier alpha value is -3.10. The number of thiophene rings is 1. The highest BCUT2D eigenvalue weighted by atomic mass is 32.1. The van der Waals surface area contributed by atoms with E-state index in [0.29, 0.717) is 0 Å². The molecule has 1 N–H and O–H groups in total. The lowest BCUT2D eigenvalue weighted by molar-refractivity contribution is 1.55. The van der Waals surface area contributed by atoms with Gasteiger partial charge in [0.15, 0.2) is 0 Å². The molecule has 0 aliphatic rings. The van der Waals surface area contributed by atoms with Gasteiger partial charge in [-0.15, -0.1) is 11.3 Å². The molecule has 0 saturated heterocycles. The van der Waals surface area contributed by atoms with Gasteiger partial charge >= 0.3 is 0 Å². The van der Waals surface area contributed by atoms with Crippen LogP contribution >= 0.6 is 11.3 Å². The molecule has 0 fully saturated rings. The van der Waals surface area contributed by atoms with Gasteiger partial charge in [-0.1, -0.05) is 54.6 Å². The maximum atomic E-state index is 3.61. The van der Waals surface area contributed by atoms with Crippen LogP contribution in [-0.4, -0.2) is 4.98 Å². The van der Waals surface area contributed by atoms with Crippen molar-refractivity contribution in [1.29, 1.82) is 0 Å². The molecular weight excluding hydrogens is 334 g/mol. The fourth-order valence-electron chi connectivity index (χ4n) is 3.93. The third-order valence-corrected chi connectivity index (χ3v) is 6.34. The molecule has 0 amide bonds. The Balaban J connectivity index is 1.68. The SMILES string of the molecule is c1ccc(-c2ccc3[nH]c4cc5c(cc4c3c2)sc2ccccc25)cc1. The molecular formula is C24H15NS. The van der Waals surface area contributed by atoms with Crippen molar-refractivity contribution < 1.29 is 0 Å². The van der Waals surface area contributed by atoms with Gasteiger partial charge in [-0.3, -0.25) is 0 Å². The maximum absolute atomic E-state index is 3.61. The Morgan fingerprint density at radius 3 is 2.23 bits per heavy atom. The molecule has 0 aliphatic heterocycles. The monoisotopic (exact) mass is 349 g/mol. The Kier molecular flexibility index (Phi) is 2.82. The number of fused-ring (bicyclic) bond motifs is 6. The molecule has 0 spiro atoms. The predicted molar refractivity (Wildman–Crippen MR) is 114 cm³/mol. The molecule has 122 valence electrons. The normalized spacial score (nSPS) is 11.8. The minimum atomic E-state index is 1.20. The van der Waals surface area contributed by atoms with E-state index < -0.39 is 0 Å². The molecule has 2 aromatic heterocycles. The summed E-state index contributed by atoms with van der Waals surface area (Å²) in [5.74, 6) is 0. The van der Waals surface area contributed by atoms with Crippen molar-refractivity contribution in [2.75, 3.05) is 0 Å². The number of hydrogen-bond donors (Lipinski definition) is 1. The number of H-pyrrole nitrogens is 1. The van der Waals surface area contributed by atoms with Crippen LogP contribution in [0, 0.1) is 0 Å². The summed E-state index contributed by atoms with van der Waals surface area (Å²) in [6.07, 6.45) is 0. The van der Waals surface area contributed by atoms with Crippen LogP contribution in [0.3, 0.4) is 0 Å². The highest BCUT2D eigenvalue weighted by molar-refractivity contribution is 7.25. The third-order valence-electron chi connectivity index (χ3n) is 5.20. The van der Waals surface area contributed by atoms with Crippen molar-refractivity contribution in [3.05, 3.63) is 84.9 Å². The zero-order valence-electron chi connectivity index (χ0n) is 14.0. The molecule has 0 saturated carbocycles. The van der Waals surface area contributed by atoms with Crippen LogP contribution in [0.25, 0.3) is 53.1 Å². The molecule has 6 aromatic rings. The van der Waals surface area contributed by atoms with Gasteiger partial charge in [-0.25, -0.2) is 0 Å². The molecule has 0 unspecified atom stereocenters. The summed E-state index contributed by atoms with van der Waals surface area (Å²) in [7, 11) is 0. The third kappa shape index (κ3) is 1.97. The lowest BCUT2D eigenvalue weighted by Crippen LogP contribution is -1.76. The summed E-state index contributed by atoms with van der Waals surface area (Å²) >= 11 is 1.88. The van der Waals surface area contributed by atoms with Gasteiger partial charge in [0.05, 0.1) is 0 Å². The highest BCUT2D eigenvalue weighted by Gasteiger charge is 2.11. The van der Waals surface area contributed by atoms with Gasteiger partial charge in [0, 0.05) is 42.0 Å². The van der Waals surface area contributed by atoms with Gasteiger partial charge in [0.2, 0.25) is 0 Å². The first-order valence-corrected chi connectivity index (χ1v) is 9.61. The number of rotatable bonds is 1. The second kappa shape index (κ2) is 5.20. The molecule has 4 aromatic carbocycles. The van der Waals surface area contributed by atoms with Crippen LogP contribution < -0.4 is 0 Å². The van der Waals surface area contributed by atoms with E-state index in [-0.39, 0.29) is 0 Å². The number of nitrogens with one attached hydrogen (secondary N) is 1. The molecule has 2 heteroatoms. The number of hydrogen-bond acceptors (Lipinski definition) is 1. The minimum Gasteiger partial charge on any atom is -0.354 e. The van der Waals surface area contributed by atoms with Crippen molar-refractivity contribution in [3.63, 3.8) is 0 Å². The van der Waals surface area contributed by atoms with Crippen molar-refractivity contribution >= 4 is 53.3 Å². The van der Waals surface area contributed by atoms with E-state index >= 15 is 0 Å². The number of benzene rings is 4. The molecule has 6 rings (SSSR count). The Morgan fingerprint density at radius 2 is 1.31 bits per heavy atom. The number of aromatic amines is 1. The van der Waals surface area contributed by atoms with Crippen molar-refractivity contribution in [2.45, 2.75) is 0 Å². The Bertz CT molecular complexity index is 1420. The van der Waals surface area contributed by atoms with E-state index in [4.69, 9.17) is 0 Å². The first-order chi connectivity index (χ1) is 12.9. The van der Waals surface area contributed by atoms with Gasteiger partial charge in [-0.2, -0.15) is 0 Å². The fraction of sp³-hybridized carbons (Fsp3) is 0. The number of aromatic nitrogens is 1. The predicted octanol–water partition coefficient (Wildman–Crippen LogP) is 7.36. The molecule has 0 radical (unpaired) electrons. The van der Waals surface area contributed by atoms with E-state index in [0.717, 1.165) is 0 Å².